The molecule has 1 atom stereocenters. The number of esters is 2. The Labute approximate surface area is 312 Å². The summed E-state index contributed by atoms with van der Waals surface area (Å²) in [6, 6.07) is 0. The zero-order valence-corrected chi connectivity index (χ0v) is 33.6. The Bertz CT molecular complexity index is 926. The van der Waals surface area contributed by atoms with Crippen LogP contribution in [0.2, 0.25) is 0 Å². The van der Waals surface area contributed by atoms with E-state index in [-0.39, 0.29) is 19.4 Å². The van der Waals surface area contributed by atoms with Crippen LogP contribution >= 0.6 is 7.82 Å². The molecule has 0 saturated heterocycles. The van der Waals surface area contributed by atoms with Gasteiger partial charge in [-0.05, 0) is 70.6 Å². The van der Waals surface area contributed by atoms with E-state index in [1.54, 1.807) is 0 Å². The summed E-state index contributed by atoms with van der Waals surface area (Å²) < 4.78 is 26.4. The normalized spacial score (nSPS) is 12.8. The van der Waals surface area contributed by atoms with E-state index >= 15 is 0 Å². The number of unbranched alkanes of at least 4 members (excludes halogenated alkanes) is 22. The van der Waals surface area contributed by atoms with Gasteiger partial charge in [-0.1, -0.05) is 153 Å². The van der Waals surface area contributed by atoms with E-state index in [2.05, 4.69) is 54.8 Å². The van der Waals surface area contributed by atoms with Crippen LogP contribution in [-0.4, -0.2) is 41.0 Å². The molecule has 0 spiro atoms. The van der Waals surface area contributed by atoms with Crippen molar-refractivity contribution in [2.75, 3.05) is 13.2 Å². The fourth-order valence-corrected chi connectivity index (χ4v) is 6.11. The number of hydrogen-bond donors (Lipinski definition) is 2. The van der Waals surface area contributed by atoms with Gasteiger partial charge >= 0.3 is 19.8 Å². The Morgan fingerprint density at radius 2 is 0.882 bits per heavy atom. The summed E-state index contributed by atoms with van der Waals surface area (Å²) in [5.74, 6) is -0.901. The summed E-state index contributed by atoms with van der Waals surface area (Å²) in [5.41, 5.74) is 0. The third kappa shape index (κ3) is 40.9. The van der Waals surface area contributed by atoms with Gasteiger partial charge in [-0.25, -0.2) is 4.57 Å². The van der Waals surface area contributed by atoms with Gasteiger partial charge in [-0.3, -0.25) is 14.1 Å². The molecule has 1 unspecified atom stereocenters. The summed E-state index contributed by atoms with van der Waals surface area (Å²) in [7, 11) is -4.76. The van der Waals surface area contributed by atoms with Crippen molar-refractivity contribution in [2.45, 2.75) is 206 Å². The van der Waals surface area contributed by atoms with Crippen LogP contribution in [0.5, 0.6) is 0 Å². The molecule has 0 aromatic carbocycles. The van der Waals surface area contributed by atoms with Gasteiger partial charge < -0.3 is 19.3 Å². The van der Waals surface area contributed by atoms with Crippen molar-refractivity contribution >= 4 is 19.8 Å². The highest BCUT2D eigenvalue weighted by Crippen LogP contribution is 2.36. The maximum atomic E-state index is 12.4. The van der Waals surface area contributed by atoms with Crippen LogP contribution in [-0.2, 0) is 28.2 Å². The van der Waals surface area contributed by atoms with Crippen LogP contribution in [0.15, 0.2) is 36.5 Å². The third-order valence-corrected chi connectivity index (χ3v) is 9.37. The Balaban J connectivity index is 3.95. The minimum atomic E-state index is -4.76. The first-order valence-electron chi connectivity index (χ1n) is 20.8. The number of allylic oxidation sites excluding steroid dienone is 6. The molecule has 2 N–H and O–H groups in total. The lowest BCUT2D eigenvalue weighted by Crippen LogP contribution is -2.29. The Hall–Kier alpha value is -1.73. The fourth-order valence-electron chi connectivity index (χ4n) is 5.75. The van der Waals surface area contributed by atoms with Gasteiger partial charge in [-0.2, -0.15) is 0 Å². The molecule has 0 aromatic heterocycles. The molecule has 0 aliphatic rings. The summed E-state index contributed by atoms with van der Waals surface area (Å²) in [6.45, 7) is 3.65. The summed E-state index contributed by atoms with van der Waals surface area (Å²) in [4.78, 5) is 42.8. The molecule has 0 amide bonds. The lowest BCUT2D eigenvalue weighted by Gasteiger charge is -2.18. The molecule has 0 radical (unpaired) electrons. The van der Waals surface area contributed by atoms with E-state index in [4.69, 9.17) is 19.3 Å². The molecule has 0 aromatic rings. The van der Waals surface area contributed by atoms with Crippen molar-refractivity contribution in [3.8, 4) is 0 Å². The SMILES string of the molecule is CCCCCC/C=C\C/C=C\CCCCCCCCCC(=O)OC(COC(=O)CCCCCCC/C=C\CCCCCCCC)COP(=O)(O)O. The quantitative estimate of drug-likeness (QED) is 0.0278. The monoisotopic (exact) mass is 741 g/mol. The molecule has 0 bridgehead atoms. The van der Waals surface area contributed by atoms with Crippen molar-refractivity contribution in [1.29, 1.82) is 0 Å². The highest BCUT2D eigenvalue weighted by atomic mass is 31.2. The summed E-state index contributed by atoms with van der Waals surface area (Å²) >= 11 is 0. The molecule has 8 nitrogen and oxygen atoms in total. The average molecular weight is 741 g/mol. The highest BCUT2D eigenvalue weighted by Gasteiger charge is 2.22. The molecule has 51 heavy (non-hydrogen) atoms. The number of ether oxygens (including phenoxy) is 2. The molecule has 0 saturated carbocycles. The molecular formula is C42H77O8P. The van der Waals surface area contributed by atoms with Gasteiger partial charge in [0, 0.05) is 12.8 Å². The third-order valence-electron chi connectivity index (χ3n) is 8.88. The summed E-state index contributed by atoms with van der Waals surface area (Å²) in [5, 5.41) is 0. The molecular weight excluding hydrogens is 663 g/mol. The number of carbonyl (C=O) groups is 2. The number of phosphoric acid groups is 1. The van der Waals surface area contributed by atoms with Crippen LogP contribution in [0, 0.1) is 0 Å². The molecule has 9 heteroatoms. The second-order valence-corrected chi connectivity index (χ2v) is 15.2. The van der Waals surface area contributed by atoms with Crippen LogP contribution in [0.3, 0.4) is 0 Å². The number of phosphoric ester groups is 1. The maximum absolute atomic E-state index is 12.4. The van der Waals surface area contributed by atoms with E-state index in [9.17, 15) is 14.2 Å². The van der Waals surface area contributed by atoms with Gasteiger partial charge in [0.1, 0.15) is 6.61 Å². The van der Waals surface area contributed by atoms with Gasteiger partial charge in [0.05, 0.1) is 6.61 Å². The molecule has 0 rings (SSSR count). The second kappa shape index (κ2) is 38.0. The fraction of sp³-hybridized carbons (Fsp3) is 0.810. The average Bonchev–Trinajstić information content (AvgIpc) is 3.10. The first-order valence-corrected chi connectivity index (χ1v) is 22.3. The van der Waals surface area contributed by atoms with Crippen LogP contribution in [0.4, 0.5) is 0 Å². The van der Waals surface area contributed by atoms with E-state index in [1.165, 1.54) is 96.3 Å². The van der Waals surface area contributed by atoms with Crippen molar-refractivity contribution in [3.63, 3.8) is 0 Å². The largest absolute Gasteiger partial charge is 0.469 e. The number of carbonyl (C=O) groups excluding carboxylic acids is 2. The molecule has 298 valence electrons. The van der Waals surface area contributed by atoms with Crippen molar-refractivity contribution in [2.24, 2.45) is 0 Å². The first kappa shape index (κ1) is 49.3. The van der Waals surface area contributed by atoms with Gasteiger partial charge in [-0.15, -0.1) is 0 Å². The molecule has 0 aliphatic heterocycles. The van der Waals surface area contributed by atoms with Crippen LogP contribution in [0.25, 0.3) is 0 Å². The Morgan fingerprint density at radius 3 is 1.33 bits per heavy atom. The smallest absolute Gasteiger partial charge is 0.462 e. The summed E-state index contributed by atoms with van der Waals surface area (Å²) in [6.07, 6.45) is 44.3. The maximum Gasteiger partial charge on any atom is 0.469 e. The molecule has 0 fully saturated rings. The standard InChI is InChI=1S/C42H77O8P/c1-3-5-7-9-11-13-15-17-19-20-21-23-25-27-29-31-33-35-37-42(44)50-40(39-49-51(45,46)47)38-48-41(43)36-34-32-30-28-26-24-22-18-16-14-12-10-8-6-4-2/h13,15,18-20,22,40H,3-12,14,16-17,21,23-39H2,1-2H3,(H2,45,46,47)/b15-13-,20-19-,22-18-. The zero-order chi connectivity index (χ0) is 37.5. The van der Waals surface area contributed by atoms with Crippen LogP contribution in [0.1, 0.15) is 200 Å². The van der Waals surface area contributed by atoms with E-state index in [0.717, 1.165) is 64.2 Å². The van der Waals surface area contributed by atoms with E-state index in [0.29, 0.717) is 12.8 Å². The number of hydrogen-bond acceptors (Lipinski definition) is 6. The van der Waals surface area contributed by atoms with Gasteiger partial charge in [0.15, 0.2) is 6.10 Å². The minimum Gasteiger partial charge on any atom is -0.462 e. The molecule has 0 aliphatic carbocycles. The Morgan fingerprint density at radius 1 is 0.510 bits per heavy atom. The predicted octanol–water partition coefficient (Wildman–Crippen LogP) is 12.6. The van der Waals surface area contributed by atoms with Crippen molar-refractivity contribution < 1.29 is 37.9 Å². The second-order valence-electron chi connectivity index (χ2n) is 14.0. The Kier molecular flexibility index (Phi) is 36.7. The predicted molar refractivity (Wildman–Crippen MR) is 211 cm³/mol. The van der Waals surface area contributed by atoms with Crippen molar-refractivity contribution in [3.05, 3.63) is 36.5 Å². The topological polar surface area (TPSA) is 119 Å². The minimum absolute atomic E-state index is 0.202. The molecule has 0 heterocycles. The lowest BCUT2D eigenvalue weighted by atomic mass is 10.1. The van der Waals surface area contributed by atoms with Gasteiger partial charge in [0.25, 0.3) is 0 Å². The van der Waals surface area contributed by atoms with E-state index in [1.807, 2.05) is 0 Å². The van der Waals surface area contributed by atoms with Crippen molar-refractivity contribution in [1.82, 2.24) is 0 Å². The zero-order valence-electron chi connectivity index (χ0n) is 32.8. The lowest BCUT2D eigenvalue weighted by molar-refractivity contribution is -0.161. The number of rotatable bonds is 38. The van der Waals surface area contributed by atoms with E-state index < -0.39 is 32.5 Å². The highest BCUT2D eigenvalue weighted by molar-refractivity contribution is 7.46. The van der Waals surface area contributed by atoms with Crippen LogP contribution < -0.4 is 0 Å². The van der Waals surface area contributed by atoms with Gasteiger partial charge in [0.2, 0.25) is 0 Å². The first-order chi connectivity index (χ1) is 24.8.